The number of rotatable bonds is 1. The highest BCUT2D eigenvalue weighted by atomic mass is 19.1. The Hall–Kier alpha value is -2.87. The fourth-order valence-corrected chi connectivity index (χ4v) is 3.24. The van der Waals surface area contributed by atoms with E-state index in [9.17, 15) is 4.39 Å². The van der Waals surface area contributed by atoms with Crippen molar-refractivity contribution in [2.75, 3.05) is 0 Å². The van der Waals surface area contributed by atoms with Gasteiger partial charge in [0, 0.05) is 5.56 Å². The maximum absolute atomic E-state index is 13.3. The van der Waals surface area contributed by atoms with Gasteiger partial charge in [0.25, 0.3) is 0 Å². The van der Waals surface area contributed by atoms with Crippen LogP contribution in [-0.4, -0.2) is 0 Å². The number of hydrogen-bond acceptors (Lipinski definition) is 1. The summed E-state index contributed by atoms with van der Waals surface area (Å²) in [6.45, 7) is 2.63. The number of fused-ring (bicyclic) bond motifs is 2. The largest absolute Gasteiger partial charge is 0.488 e. The van der Waals surface area contributed by atoms with Crippen molar-refractivity contribution in [3.05, 3.63) is 101 Å². The van der Waals surface area contributed by atoms with E-state index in [1.807, 2.05) is 42.5 Å². The molecule has 0 saturated carbocycles. The molecule has 118 valence electrons. The molecule has 0 radical (unpaired) electrons. The Morgan fingerprint density at radius 1 is 0.833 bits per heavy atom. The zero-order valence-electron chi connectivity index (χ0n) is 13.4. The van der Waals surface area contributed by atoms with Crippen LogP contribution in [0.4, 0.5) is 4.39 Å². The van der Waals surface area contributed by atoms with Gasteiger partial charge in [-0.15, -0.1) is 0 Å². The van der Waals surface area contributed by atoms with E-state index in [0.717, 1.165) is 33.6 Å². The SMILES string of the molecule is C/C(=C1/c2ccccc2COc2ccccc21)c1ccc(F)cc1. The van der Waals surface area contributed by atoms with Crippen LogP contribution in [0.1, 0.15) is 29.2 Å². The highest BCUT2D eigenvalue weighted by Gasteiger charge is 2.20. The lowest BCUT2D eigenvalue weighted by molar-refractivity contribution is 0.307. The highest BCUT2D eigenvalue weighted by molar-refractivity contribution is 6.00. The standard InChI is InChI=1S/C22H17FO/c1-15(16-10-12-18(23)13-11-16)22-19-7-3-2-6-17(19)14-24-21-9-5-4-8-20(21)22/h2-13H,14H2,1H3/b22-15+. The Bertz CT molecular complexity index is 873. The van der Waals surface area contributed by atoms with Gasteiger partial charge in [-0.25, -0.2) is 4.39 Å². The summed E-state index contributed by atoms with van der Waals surface area (Å²) in [5, 5.41) is 0. The molecule has 3 aromatic rings. The van der Waals surface area contributed by atoms with E-state index in [-0.39, 0.29) is 5.82 Å². The van der Waals surface area contributed by atoms with Gasteiger partial charge in [-0.3, -0.25) is 0 Å². The van der Waals surface area contributed by atoms with Gasteiger partial charge in [0.15, 0.2) is 0 Å². The van der Waals surface area contributed by atoms with E-state index in [1.54, 1.807) is 0 Å². The van der Waals surface area contributed by atoms with E-state index in [4.69, 9.17) is 4.74 Å². The fourth-order valence-electron chi connectivity index (χ4n) is 3.24. The van der Waals surface area contributed by atoms with Gasteiger partial charge in [-0.2, -0.15) is 0 Å². The predicted octanol–water partition coefficient (Wildman–Crippen LogP) is 5.70. The lowest BCUT2D eigenvalue weighted by atomic mass is 9.88. The first-order valence-corrected chi connectivity index (χ1v) is 8.01. The van der Waals surface area contributed by atoms with Crippen LogP contribution >= 0.6 is 0 Å². The van der Waals surface area contributed by atoms with Crippen LogP contribution in [0.25, 0.3) is 11.1 Å². The second-order valence-corrected chi connectivity index (χ2v) is 5.95. The van der Waals surface area contributed by atoms with Crippen LogP contribution in [-0.2, 0) is 6.61 Å². The third kappa shape index (κ3) is 2.50. The third-order valence-electron chi connectivity index (χ3n) is 4.48. The maximum Gasteiger partial charge on any atom is 0.127 e. The third-order valence-corrected chi connectivity index (χ3v) is 4.48. The summed E-state index contributed by atoms with van der Waals surface area (Å²) >= 11 is 0. The summed E-state index contributed by atoms with van der Waals surface area (Å²) in [6, 6.07) is 23.1. The zero-order chi connectivity index (χ0) is 16.5. The number of benzene rings is 3. The number of hydrogen-bond donors (Lipinski definition) is 0. The lowest BCUT2D eigenvalue weighted by Crippen LogP contribution is -1.95. The molecule has 0 spiro atoms. The molecule has 0 unspecified atom stereocenters. The van der Waals surface area contributed by atoms with E-state index >= 15 is 0 Å². The van der Waals surface area contributed by atoms with Gasteiger partial charge in [-0.1, -0.05) is 54.6 Å². The van der Waals surface area contributed by atoms with E-state index in [1.165, 1.54) is 17.7 Å². The number of para-hydroxylation sites is 1. The molecular formula is C22H17FO. The van der Waals surface area contributed by atoms with E-state index in [2.05, 4.69) is 25.1 Å². The highest BCUT2D eigenvalue weighted by Crippen LogP contribution is 2.40. The summed E-state index contributed by atoms with van der Waals surface area (Å²) in [7, 11) is 0. The minimum Gasteiger partial charge on any atom is -0.488 e. The summed E-state index contributed by atoms with van der Waals surface area (Å²) in [4.78, 5) is 0. The molecule has 0 bridgehead atoms. The van der Waals surface area contributed by atoms with Gasteiger partial charge < -0.3 is 4.74 Å². The summed E-state index contributed by atoms with van der Waals surface area (Å²) in [6.07, 6.45) is 0. The molecule has 0 fully saturated rings. The smallest absolute Gasteiger partial charge is 0.127 e. The van der Waals surface area contributed by atoms with Crippen LogP contribution in [0, 0.1) is 5.82 Å². The number of allylic oxidation sites excluding steroid dienone is 1. The molecule has 0 saturated heterocycles. The maximum atomic E-state index is 13.3. The van der Waals surface area contributed by atoms with Gasteiger partial charge in [0.1, 0.15) is 18.2 Å². The summed E-state index contributed by atoms with van der Waals surface area (Å²) < 4.78 is 19.3. The molecular weight excluding hydrogens is 299 g/mol. The molecule has 0 atom stereocenters. The normalized spacial score (nSPS) is 14.9. The van der Waals surface area contributed by atoms with Crippen molar-refractivity contribution < 1.29 is 9.13 Å². The van der Waals surface area contributed by atoms with Crippen molar-refractivity contribution in [2.24, 2.45) is 0 Å². The topological polar surface area (TPSA) is 9.23 Å². The first-order valence-electron chi connectivity index (χ1n) is 8.01. The number of ether oxygens (including phenoxy) is 1. The first-order chi connectivity index (χ1) is 11.7. The summed E-state index contributed by atoms with van der Waals surface area (Å²) in [5.74, 6) is 0.659. The Labute approximate surface area is 141 Å². The van der Waals surface area contributed by atoms with Gasteiger partial charge in [-0.05, 0) is 53.0 Å². The quantitative estimate of drug-likeness (QED) is 0.560. The Balaban J connectivity index is 2.02. The predicted molar refractivity (Wildman–Crippen MR) is 95.2 cm³/mol. The molecule has 1 aliphatic heterocycles. The number of halogens is 1. The zero-order valence-corrected chi connectivity index (χ0v) is 13.4. The van der Waals surface area contributed by atoms with Crippen molar-refractivity contribution in [2.45, 2.75) is 13.5 Å². The van der Waals surface area contributed by atoms with Crippen molar-refractivity contribution >= 4 is 11.1 Å². The Kier molecular flexibility index (Phi) is 3.66. The monoisotopic (exact) mass is 316 g/mol. The van der Waals surface area contributed by atoms with Crippen LogP contribution in [0.15, 0.2) is 72.8 Å². The molecule has 0 amide bonds. The van der Waals surface area contributed by atoms with Crippen molar-refractivity contribution in [1.82, 2.24) is 0 Å². The average Bonchev–Trinajstić information content (AvgIpc) is 2.79. The molecule has 0 N–H and O–H groups in total. The van der Waals surface area contributed by atoms with Crippen molar-refractivity contribution in [3.63, 3.8) is 0 Å². The molecule has 1 nitrogen and oxygen atoms in total. The molecule has 0 aliphatic carbocycles. The van der Waals surface area contributed by atoms with Crippen molar-refractivity contribution in [3.8, 4) is 5.75 Å². The first kappa shape index (κ1) is 14.7. The molecule has 0 aromatic heterocycles. The Morgan fingerprint density at radius 3 is 2.29 bits per heavy atom. The van der Waals surface area contributed by atoms with Crippen LogP contribution in [0.3, 0.4) is 0 Å². The molecule has 24 heavy (non-hydrogen) atoms. The van der Waals surface area contributed by atoms with Gasteiger partial charge in [0.2, 0.25) is 0 Å². The van der Waals surface area contributed by atoms with Crippen LogP contribution < -0.4 is 4.74 Å². The molecule has 4 rings (SSSR count). The van der Waals surface area contributed by atoms with E-state index < -0.39 is 0 Å². The van der Waals surface area contributed by atoms with E-state index in [0.29, 0.717) is 6.61 Å². The molecule has 1 aliphatic rings. The fraction of sp³-hybridized carbons (Fsp3) is 0.0909. The average molecular weight is 316 g/mol. The van der Waals surface area contributed by atoms with Crippen LogP contribution in [0.2, 0.25) is 0 Å². The second-order valence-electron chi connectivity index (χ2n) is 5.95. The molecule has 2 heteroatoms. The lowest BCUT2D eigenvalue weighted by Gasteiger charge is -2.15. The molecule has 3 aromatic carbocycles. The van der Waals surface area contributed by atoms with Gasteiger partial charge in [0.05, 0.1) is 0 Å². The van der Waals surface area contributed by atoms with Gasteiger partial charge >= 0.3 is 0 Å². The molecule has 1 heterocycles. The Morgan fingerprint density at radius 2 is 1.50 bits per heavy atom. The second kappa shape index (κ2) is 5.97. The minimum absolute atomic E-state index is 0.221. The van der Waals surface area contributed by atoms with Crippen molar-refractivity contribution in [1.29, 1.82) is 0 Å². The van der Waals surface area contributed by atoms with Crippen LogP contribution in [0.5, 0.6) is 5.75 Å². The summed E-state index contributed by atoms with van der Waals surface area (Å²) in [5.41, 5.74) is 6.67. The minimum atomic E-state index is -0.221.